The highest BCUT2D eigenvalue weighted by molar-refractivity contribution is 6.63. The Morgan fingerprint density at radius 1 is 1.45 bits per heavy atom. The van der Waals surface area contributed by atoms with Crippen molar-refractivity contribution in [3.8, 4) is 0 Å². The summed E-state index contributed by atoms with van der Waals surface area (Å²) in [6.07, 6.45) is 0. The zero-order valence-corrected chi connectivity index (χ0v) is 9.00. The van der Waals surface area contributed by atoms with E-state index in [2.05, 4.69) is 4.74 Å². The van der Waals surface area contributed by atoms with Crippen LogP contribution in [0, 0.1) is 7.43 Å². The van der Waals surface area contributed by atoms with Crippen molar-refractivity contribution in [3.05, 3.63) is 7.43 Å². The zero-order chi connectivity index (χ0) is 8.57. The molecule has 0 unspecified atom stereocenters. The van der Waals surface area contributed by atoms with E-state index in [0.717, 1.165) is 0 Å². The molecule has 2 nitrogen and oxygen atoms in total. The number of rotatable bonds is 1. The monoisotopic (exact) mass is 221 g/mol. The first kappa shape index (κ1) is 17.4. The van der Waals surface area contributed by atoms with Gasteiger partial charge >= 0.3 is 5.97 Å². The lowest BCUT2D eigenvalue weighted by atomic mass is 10.8. The van der Waals surface area contributed by atoms with Crippen LogP contribution >= 0.6 is 34.8 Å². The quantitative estimate of drug-likeness (QED) is 0.504. The third-order valence-corrected chi connectivity index (χ3v) is 0.348. The van der Waals surface area contributed by atoms with Crippen LogP contribution in [0.3, 0.4) is 0 Å². The molecule has 11 heavy (non-hydrogen) atoms. The Morgan fingerprint density at radius 3 is 1.73 bits per heavy atom. The van der Waals surface area contributed by atoms with Gasteiger partial charge in [-0.3, -0.25) is 4.79 Å². The predicted octanol–water partition coefficient (Wildman–Crippen LogP) is 3.01. The summed E-state index contributed by atoms with van der Waals surface area (Å²) in [5.41, 5.74) is 0. The molecule has 0 rings (SSSR count). The Balaban J connectivity index is -0.000000114. The van der Waals surface area contributed by atoms with Crippen LogP contribution in [0.4, 0.5) is 0 Å². The predicted molar refractivity (Wildman–Crippen MR) is 50.1 cm³/mol. The minimum Gasteiger partial charge on any atom is -0.466 e. The molecule has 69 valence electrons. The smallest absolute Gasteiger partial charge is 0.302 e. The molecule has 0 bridgehead atoms. The van der Waals surface area contributed by atoms with Crippen molar-refractivity contribution in [2.45, 2.75) is 18.1 Å². The summed E-state index contributed by atoms with van der Waals surface area (Å²) in [7, 11) is 0. The van der Waals surface area contributed by atoms with Crippen molar-refractivity contribution in [1.82, 2.24) is 0 Å². The highest BCUT2D eigenvalue weighted by atomic mass is 35.6. The summed E-state index contributed by atoms with van der Waals surface area (Å²) in [5, 5.41) is 0. The van der Waals surface area contributed by atoms with Gasteiger partial charge in [-0.05, 0) is 6.92 Å². The molecule has 0 aliphatic heterocycles. The number of carbonyl (C=O) groups is 1. The van der Waals surface area contributed by atoms with E-state index < -0.39 is 4.30 Å². The summed E-state index contributed by atoms with van der Waals surface area (Å²) in [6, 6.07) is 0. The lowest BCUT2D eigenvalue weighted by molar-refractivity contribution is -0.140. The molecule has 0 saturated carbocycles. The first-order valence-corrected chi connectivity index (χ1v) is 3.87. The van der Waals surface area contributed by atoms with Crippen molar-refractivity contribution < 1.29 is 9.53 Å². The molecule has 0 aromatic heterocycles. The summed E-state index contributed by atoms with van der Waals surface area (Å²) in [5.74, 6) is -0.211. The second-order valence-electron chi connectivity index (χ2n) is 1.17. The molecular formula is C6H12Cl3O2. The second kappa shape index (κ2) is 13.0. The van der Waals surface area contributed by atoms with Gasteiger partial charge in [0, 0.05) is 6.92 Å². The van der Waals surface area contributed by atoms with Gasteiger partial charge in [-0.15, -0.1) is 0 Å². The molecule has 0 aliphatic carbocycles. The van der Waals surface area contributed by atoms with E-state index in [0.29, 0.717) is 6.61 Å². The first-order chi connectivity index (χ1) is 4.50. The largest absolute Gasteiger partial charge is 0.466 e. The fraction of sp³-hybridized carbons (Fsp3) is 0.667. The Morgan fingerprint density at radius 2 is 1.73 bits per heavy atom. The van der Waals surface area contributed by atoms with Crippen molar-refractivity contribution >= 4 is 40.8 Å². The van der Waals surface area contributed by atoms with Gasteiger partial charge in [0.05, 0.1) is 6.61 Å². The van der Waals surface area contributed by atoms with E-state index in [9.17, 15) is 4.79 Å². The molecule has 0 spiro atoms. The summed E-state index contributed by atoms with van der Waals surface area (Å²) in [4.78, 5) is 9.82. The minimum absolute atomic E-state index is 0. The van der Waals surface area contributed by atoms with E-state index in [1.54, 1.807) is 6.92 Å². The number of esters is 1. The van der Waals surface area contributed by atoms with Crippen LogP contribution in [0.25, 0.3) is 0 Å². The molecule has 0 aromatic rings. The normalized spacial score (nSPS) is 7.45. The van der Waals surface area contributed by atoms with Gasteiger partial charge in [-0.1, -0.05) is 42.2 Å². The van der Waals surface area contributed by atoms with Gasteiger partial charge < -0.3 is 4.74 Å². The summed E-state index contributed by atoms with van der Waals surface area (Å²) >= 11 is 14.4. The highest BCUT2D eigenvalue weighted by Gasteiger charge is 1.81. The van der Waals surface area contributed by atoms with Gasteiger partial charge in [-0.2, -0.15) is 0 Å². The molecule has 0 N–H and O–H groups in total. The van der Waals surface area contributed by atoms with Gasteiger partial charge in [-0.25, -0.2) is 0 Å². The Bertz CT molecular complexity index is 83.1. The summed E-state index contributed by atoms with van der Waals surface area (Å²) < 4.78 is 3.65. The van der Waals surface area contributed by atoms with Crippen LogP contribution in [0.15, 0.2) is 0 Å². The number of carbonyl (C=O) groups excluding carboxylic acids is 1. The van der Waals surface area contributed by atoms with Crippen LogP contribution < -0.4 is 0 Å². The van der Waals surface area contributed by atoms with E-state index in [1.165, 1.54) is 6.92 Å². The van der Waals surface area contributed by atoms with E-state index in [1.807, 2.05) is 0 Å². The lowest BCUT2D eigenvalue weighted by Crippen LogP contribution is -1.95. The Kier molecular flexibility index (Phi) is 20.5. The van der Waals surface area contributed by atoms with Crippen molar-refractivity contribution in [2.75, 3.05) is 6.61 Å². The fourth-order valence-corrected chi connectivity index (χ4v) is 0.203. The molecule has 0 aliphatic rings. The van der Waals surface area contributed by atoms with Gasteiger partial charge in [0.2, 0.25) is 0 Å². The number of alkyl halides is 3. The maximum Gasteiger partial charge on any atom is 0.302 e. The minimum atomic E-state index is -0.750. The van der Waals surface area contributed by atoms with Crippen molar-refractivity contribution in [3.63, 3.8) is 0 Å². The Labute approximate surface area is 82.8 Å². The van der Waals surface area contributed by atoms with E-state index >= 15 is 0 Å². The first-order valence-electron chi connectivity index (χ1n) is 2.56. The molecule has 0 atom stereocenters. The molecule has 1 radical (unpaired) electrons. The molecule has 5 heteroatoms. The third-order valence-electron chi connectivity index (χ3n) is 0.348. The average molecular weight is 223 g/mol. The molecule has 0 saturated heterocycles. The number of ether oxygens (including phenoxy) is 1. The van der Waals surface area contributed by atoms with E-state index in [-0.39, 0.29) is 13.4 Å². The van der Waals surface area contributed by atoms with Crippen molar-refractivity contribution in [2.24, 2.45) is 0 Å². The Hall–Kier alpha value is 0.340. The lowest BCUT2D eigenvalue weighted by Gasteiger charge is -1.89. The molecule has 0 heterocycles. The number of halogens is 3. The van der Waals surface area contributed by atoms with Gasteiger partial charge in [0.1, 0.15) is 0 Å². The summed E-state index contributed by atoms with van der Waals surface area (Å²) in [6.45, 7) is 3.65. The standard InChI is InChI=1S/C4H8O2.CHCl3.CH3/c1-3-6-4(2)5;2-1(3)4;/h3H2,1-2H3;1H;1H3. The van der Waals surface area contributed by atoms with Crippen LogP contribution in [-0.2, 0) is 9.53 Å². The fourth-order valence-electron chi connectivity index (χ4n) is 0.203. The van der Waals surface area contributed by atoms with E-state index in [4.69, 9.17) is 34.8 Å². The van der Waals surface area contributed by atoms with Crippen LogP contribution in [0.1, 0.15) is 13.8 Å². The topological polar surface area (TPSA) is 26.3 Å². The third kappa shape index (κ3) is 64.5. The number of hydrogen-bond acceptors (Lipinski definition) is 2. The highest BCUT2D eigenvalue weighted by Crippen LogP contribution is 2.03. The molecule has 0 amide bonds. The maximum atomic E-state index is 9.82. The average Bonchev–Trinajstić information content (AvgIpc) is 1.62. The van der Waals surface area contributed by atoms with Crippen LogP contribution in [-0.4, -0.2) is 16.9 Å². The zero-order valence-electron chi connectivity index (χ0n) is 6.73. The number of hydrogen-bond donors (Lipinski definition) is 0. The molecule has 0 aromatic carbocycles. The molecule has 0 fully saturated rings. The van der Waals surface area contributed by atoms with Crippen LogP contribution in [0.5, 0.6) is 0 Å². The van der Waals surface area contributed by atoms with Gasteiger partial charge in [0.15, 0.2) is 4.30 Å². The van der Waals surface area contributed by atoms with Gasteiger partial charge in [0.25, 0.3) is 0 Å². The second-order valence-corrected chi connectivity index (χ2v) is 3.15. The molecular weight excluding hydrogens is 210 g/mol. The van der Waals surface area contributed by atoms with Crippen LogP contribution in [0.2, 0.25) is 0 Å². The van der Waals surface area contributed by atoms with Crippen molar-refractivity contribution in [1.29, 1.82) is 0 Å². The maximum absolute atomic E-state index is 9.82. The SMILES string of the molecule is CCOC(C)=O.ClC(Cl)Cl.[CH3].